The van der Waals surface area contributed by atoms with Gasteiger partial charge in [-0.1, -0.05) is 22.9 Å². The van der Waals surface area contributed by atoms with Gasteiger partial charge in [0.2, 0.25) is 0 Å². The van der Waals surface area contributed by atoms with Crippen molar-refractivity contribution in [3.8, 4) is 0 Å². The average molecular weight is 201 g/mol. The molecule has 0 aliphatic rings. The maximum absolute atomic E-state index is 4.14. The molecule has 2 nitrogen and oxygen atoms in total. The Balaban J connectivity index is 2.75. The Morgan fingerprint density at radius 3 is 2.90 bits per heavy atom. The van der Waals surface area contributed by atoms with E-state index in [0.29, 0.717) is 4.83 Å². The maximum Gasteiger partial charge on any atom is 0.0722 e. The van der Waals surface area contributed by atoms with Crippen LogP contribution in [0, 0.1) is 0 Å². The summed E-state index contributed by atoms with van der Waals surface area (Å²) < 4.78 is 0. The van der Waals surface area contributed by atoms with E-state index in [1.165, 1.54) is 0 Å². The number of aromatic nitrogens is 2. The molecule has 0 N–H and O–H groups in total. The summed E-state index contributed by atoms with van der Waals surface area (Å²) >= 11 is 3.48. The molecule has 0 fully saturated rings. The van der Waals surface area contributed by atoms with E-state index in [1.54, 1.807) is 18.6 Å². The van der Waals surface area contributed by atoms with Gasteiger partial charge in [-0.25, -0.2) is 0 Å². The molecule has 0 bridgehead atoms. The predicted octanol–water partition coefficient (Wildman–Crippen LogP) is 2.32. The van der Waals surface area contributed by atoms with Crippen molar-refractivity contribution in [1.82, 2.24) is 9.97 Å². The SMILES string of the molecule is CCC(Br)c1cnccn1. The molecule has 0 radical (unpaired) electrons. The van der Waals surface area contributed by atoms with E-state index in [0.717, 1.165) is 12.1 Å². The van der Waals surface area contributed by atoms with E-state index in [2.05, 4.69) is 32.8 Å². The van der Waals surface area contributed by atoms with Crippen molar-refractivity contribution in [2.75, 3.05) is 0 Å². The van der Waals surface area contributed by atoms with Gasteiger partial charge in [0.15, 0.2) is 0 Å². The monoisotopic (exact) mass is 200 g/mol. The summed E-state index contributed by atoms with van der Waals surface area (Å²) in [6.07, 6.45) is 6.21. The smallest absolute Gasteiger partial charge is 0.0722 e. The first kappa shape index (κ1) is 7.66. The Morgan fingerprint density at radius 1 is 1.60 bits per heavy atom. The minimum absolute atomic E-state index is 0.348. The van der Waals surface area contributed by atoms with E-state index in [9.17, 15) is 0 Å². The second-order valence-electron chi connectivity index (χ2n) is 2.01. The Bertz CT molecular complexity index is 188. The highest BCUT2D eigenvalue weighted by Gasteiger charge is 2.03. The average Bonchev–Trinajstić information content (AvgIpc) is 2.05. The molecule has 1 rings (SSSR count). The van der Waals surface area contributed by atoms with Crippen molar-refractivity contribution in [1.29, 1.82) is 0 Å². The van der Waals surface area contributed by atoms with Gasteiger partial charge in [-0.15, -0.1) is 0 Å². The van der Waals surface area contributed by atoms with Gasteiger partial charge in [0.05, 0.1) is 10.5 Å². The Labute approximate surface area is 68.8 Å². The third-order valence-electron chi connectivity index (χ3n) is 1.26. The zero-order valence-corrected chi connectivity index (χ0v) is 7.37. The molecule has 0 aliphatic heterocycles. The van der Waals surface area contributed by atoms with E-state index in [4.69, 9.17) is 0 Å². The molecule has 1 atom stereocenters. The van der Waals surface area contributed by atoms with Crippen LogP contribution in [-0.4, -0.2) is 9.97 Å². The van der Waals surface area contributed by atoms with Gasteiger partial charge in [0, 0.05) is 18.6 Å². The molecule has 10 heavy (non-hydrogen) atoms. The number of halogens is 1. The van der Waals surface area contributed by atoms with Crippen LogP contribution < -0.4 is 0 Å². The predicted molar refractivity (Wildman–Crippen MR) is 44.0 cm³/mol. The number of hydrogen-bond acceptors (Lipinski definition) is 2. The number of rotatable bonds is 2. The van der Waals surface area contributed by atoms with Crippen LogP contribution in [0.2, 0.25) is 0 Å². The maximum atomic E-state index is 4.14. The molecule has 1 heterocycles. The van der Waals surface area contributed by atoms with Crippen LogP contribution in [0.15, 0.2) is 18.6 Å². The molecule has 0 aliphatic carbocycles. The second-order valence-corrected chi connectivity index (χ2v) is 3.11. The largest absolute Gasteiger partial charge is 0.261 e. The topological polar surface area (TPSA) is 25.8 Å². The zero-order chi connectivity index (χ0) is 7.40. The van der Waals surface area contributed by atoms with Gasteiger partial charge in [0.25, 0.3) is 0 Å². The van der Waals surface area contributed by atoms with Crippen molar-refractivity contribution >= 4 is 15.9 Å². The fraction of sp³-hybridized carbons (Fsp3) is 0.429. The summed E-state index contributed by atoms with van der Waals surface area (Å²) in [5.41, 5.74) is 1.00. The number of nitrogens with zero attached hydrogens (tertiary/aromatic N) is 2. The number of hydrogen-bond donors (Lipinski definition) is 0. The van der Waals surface area contributed by atoms with Crippen LogP contribution in [0.4, 0.5) is 0 Å². The highest BCUT2D eigenvalue weighted by molar-refractivity contribution is 9.09. The lowest BCUT2D eigenvalue weighted by molar-refractivity contribution is 0.861. The fourth-order valence-electron chi connectivity index (χ4n) is 0.682. The van der Waals surface area contributed by atoms with Gasteiger partial charge in [-0.3, -0.25) is 9.97 Å². The van der Waals surface area contributed by atoms with Crippen LogP contribution in [0.5, 0.6) is 0 Å². The lowest BCUT2D eigenvalue weighted by Crippen LogP contribution is -1.91. The fourth-order valence-corrected chi connectivity index (χ4v) is 0.918. The van der Waals surface area contributed by atoms with Crippen molar-refractivity contribution in [2.45, 2.75) is 18.2 Å². The van der Waals surface area contributed by atoms with Crippen molar-refractivity contribution < 1.29 is 0 Å². The molecule has 3 heteroatoms. The lowest BCUT2D eigenvalue weighted by Gasteiger charge is -2.02. The Kier molecular flexibility index (Phi) is 2.81. The normalized spacial score (nSPS) is 13.0. The molecule has 0 saturated heterocycles. The molecular weight excluding hydrogens is 192 g/mol. The summed E-state index contributed by atoms with van der Waals surface area (Å²) in [6, 6.07) is 0. The molecule has 1 unspecified atom stereocenters. The van der Waals surface area contributed by atoms with Crippen molar-refractivity contribution in [3.63, 3.8) is 0 Å². The van der Waals surface area contributed by atoms with Crippen LogP contribution >= 0.6 is 15.9 Å². The third kappa shape index (κ3) is 1.77. The Morgan fingerprint density at radius 2 is 2.40 bits per heavy atom. The minimum Gasteiger partial charge on any atom is -0.261 e. The first-order chi connectivity index (χ1) is 4.84. The summed E-state index contributed by atoms with van der Waals surface area (Å²) in [5.74, 6) is 0. The van der Waals surface area contributed by atoms with Crippen LogP contribution in [0.1, 0.15) is 23.9 Å². The number of alkyl halides is 1. The molecule has 0 amide bonds. The standard InChI is InChI=1S/C7H9BrN2/c1-2-6(8)7-5-9-3-4-10-7/h3-6H,2H2,1H3. The summed E-state index contributed by atoms with van der Waals surface area (Å²) in [7, 11) is 0. The van der Waals surface area contributed by atoms with Gasteiger partial charge < -0.3 is 0 Å². The molecule has 0 aromatic carbocycles. The molecule has 0 saturated carbocycles. The zero-order valence-electron chi connectivity index (χ0n) is 5.79. The van der Waals surface area contributed by atoms with Gasteiger partial charge in [-0.05, 0) is 6.42 Å². The van der Waals surface area contributed by atoms with Crippen LogP contribution in [0.25, 0.3) is 0 Å². The summed E-state index contributed by atoms with van der Waals surface area (Å²) in [5, 5.41) is 0. The van der Waals surface area contributed by atoms with E-state index in [-0.39, 0.29) is 0 Å². The molecule has 1 aromatic heterocycles. The Hall–Kier alpha value is -0.440. The highest BCUT2D eigenvalue weighted by atomic mass is 79.9. The second kappa shape index (κ2) is 3.66. The van der Waals surface area contributed by atoms with E-state index in [1.807, 2.05) is 0 Å². The molecule has 54 valence electrons. The lowest BCUT2D eigenvalue weighted by atomic mass is 10.3. The third-order valence-corrected chi connectivity index (χ3v) is 2.38. The first-order valence-electron chi connectivity index (χ1n) is 3.24. The van der Waals surface area contributed by atoms with Crippen molar-refractivity contribution in [2.24, 2.45) is 0 Å². The molecule has 0 spiro atoms. The van der Waals surface area contributed by atoms with Gasteiger partial charge in [-0.2, -0.15) is 0 Å². The molecule has 1 aromatic rings. The van der Waals surface area contributed by atoms with Crippen molar-refractivity contribution in [3.05, 3.63) is 24.3 Å². The molecular formula is C7H9BrN2. The first-order valence-corrected chi connectivity index (χ1v) is 4.16. The summed E-state index contributed by atoms with van der Waals surface area (Å²) in [4.78, 5) is 8.45. The van der Waals surface area contributed by atoms with Gasteiger partial charge >= 0.3 is 0 Å². The van der Waals surface area contributed by atoms with E-state index >= 15 is 0 Å². The van der Waals surface area contributed by atoms with Crippen LogP contribution in [0.3, 0.4) is 0 Å². The highest BCUT2D eigenvalue weighted by Crippen LogP contribution is 2.22. The van der Waals surface area contributed by atoms with E-state index < -0.39 is 0 Å². The van der Waals surface area contributed by atoms with Crippen LogP contribution in [-0.2, 0) is 0 Å². The summed E-state index contributed by atoms with van der Waals surface area (Å²) in [6.45, 7) is 2.11. The minimum atomic E-state index is 0.348. The quantitative estimate of drug-likeness (QED) is 0.686. The van der Waals surface area contributed by atoms with Gasteiger partial charge in [0.1, 0.15) is 0 Å².